The van der Waals surface area contributed by atoms with Gasteiger partial charge in [0, 0.05) is 0 Å². The molecule has 1 aromatic rings. The molecule has 0 aromatic heterocycles. The van der Waals surface area contributed by atoms with Gasteiger partial charge < -0.3 is 5.32 Å². The molecular formula is C12H17FN2O2S. The van der Waals surface area contributed by atoms with E-state index in [1.807, 2.05) is 0 Å². The second-order valence-electron chi connectivity index (χ2n) is 4.61. The molecule has 2 rings (SSSR count). The van der Waals surface area contributed by atoms with Crippen molar-refractivity contribution in [3.8, 4) is 0 Å². The predicted molar refractivity (Wildman–Crippen MR) is 69.6 cm³/mol. The maximum absolute atomic E-state index is 13.2. The summed E-state index contributed by atoms with van der Waals surface area (Å²) in [7, 11) is -3.43. The van der Waals surface area contributed by atoms with Gasteiger partial charge in [-0.1, -0.05) is 0 Å². The molecule has 18 heavy (non-hydrogen) atoms. The molecule has 1 heterocycles. The number of benzene rings is 1. The Labute approximate surface area is 107 Å². The van der Waals surface area contributed by atoms with Crippen LogP contribution in [0.25, 0.3) is 0 Å². The maximum atomic E-state index is 13.2. The van der Waals surface area contributed by atoms with Gasteiger partial charge in [0.2, 0.25) is 10.0 Å². The highest BCUT2D eigenvalue weighted by Gasteiger charge is 2.27. The third-order valence-electron chi connectivity index (χ3n) is 3.03. The minimum atomic E-state index is -3.43. The van der Waals surface area contributed by atoms with E-state index in [0.717, 1.165) is 0 Å². The van der Waals surface area contributed by atoms with Crippen LogP contribution in [0.1, 0.15) is 18.4 Å². The van der Waals surface area contributed by atoms with Gasteiger partial charge in [-0.3, -0.25) is 4.72 Å². The second-order valence-corrected chi connectivity index (χ2v) is 6.57. The number of rotatable bonds is 3. The summed E-state index contributed by atoms with van der Waals surface area (Å²) in [4.78, 5) is 0. The van der Waals surface area contributed by atoms with Gasteiger partial charge in [0.05, 0.1) is 10.9 Å². The van der Waals surface area contributed by atoms with Crippen molar-refractivity contribution in [3.05, 3.63) is 29.6 Å². The van der Waals surface area contributed by atoms with Crippen molar-refractivity contribution in [1.29, 1.82) is 0 Å². The average Bonchev–Trinajstić information content (AvgIpc) is 2.28. The highest BCUT2D eigenvalue weighted by molar-refractivity contribution is 7.93. The lowest BCUT2D eigenvalue weighted by atomic mass is 10.2. The summed E-state index contributed by atoms with van der Waals surface area (Å²) < 4.78 is 39.9. The van der Waals surface area contributed by atoms with Crippen molar-refractivity contribution < 1.29 is 12.8 Å². The molecule has 1 fully saturated rings. The molecule has 2 N–H and O–H groups in total. The lowest BCUT2D eigenvalue weighted by Crippen LogP contribution is -2.38. The van der Waals surface area contributed by atoms with Crippen LogP contribution in [0, 0.1) is 12.7 Å². The summed E-state index contributed by atoms with van der Waals surface area (Å²) in [6.07, 6.45) is 1.17. The van der Waals surface area contributed by atoms with Gasteiger partial charge >= 0.3 is 0 Å². The first-order chi connectivity index (χ1) is 8.47. The monoisotopic (exact) mass is 272 g/mol. The Balaban J connectivity index is 2.16. The molecule has 0 radical (unpaired) electrons. The molecular weight excluding hydrogens is 255 g/mol. The van der Waals surface area contributed by atoms with Gasteiger partial charge in [-0.25, -0.2) is 12.8 Å². The van der Waals surface area contributed by atoms with Crippen molar-refractivity contribution in [2.45, 2.75) is 25.0 Å². The molecule has 4 nitrogen and oxygen atoms in total. The van der Waals surface area contributed by atoms with Crippen molar-refractivity contribution in [3.63, 3.8) is 0 Å². The van der Waals surface area contributed by atoms with Crippen LogP contribution < -0.4 is 10.0 Å². The van der Waals surface area contributed by atoms with Crippen molar-refractivity contribution in [2.75, 3.05) is 17.8 Å². The van der Waals surface area contributed by atoms with E-state index in [-0.39, 0.29) is 0 Å². The fourth-order valence-electron chi connectivity index (χ4n) is 2.15. The molecule has 0 aliphatic carbocycles. The molecule has 1 aliphatic rings. The fourth-order valence-corrected chi connectivity index (χ4v) is 3.62. The zero-order valence-corrected chi connectivity index (χ0v) is 11.1. The summed E-state index contributed by atoms with van der Waals surface area (Å²) >= 11 is 0. The van der Waals surface area contributed by atoms with Crippen molar-refractivity contribution in [2.24, 2.45) is 0 Å². The molecule has 100 valence electrons. The van der Waals surface area contributed by atoms with E-state index in [2.05, 4.69) is 10.0 Å². The first-order valence-electron chi connectivity index (χ1n) is 5.97. The minimum Gasteiger partial charge on any atom is -0.317 e. The Kier molecular flexibility index (Phi) is 3.87. The standard InChI is InChI=1S/C12H17FN2O2S/c1-9-6-10(13)8-11(7-9)15-18(16,17)12-2-4-14-5-3-12/h6-8,12,14-15H,2-5H2,1H3. The Morgan fingerprint density at radius 2 is 1.94 bits per heavy atom. The second kappa shape index (κ2) is 5.24. The van der Waals surface area contributed by atoms with Crippen molar-refractivity contribution >= 4 is 15.7 Å². The molecule has 6 heteroatoms. The van der Waals surface area contributed by atoms with E-state index >= 15 is 0 Å². The number of nitrogens with one attached hydrogen (secondary N) is 2. The summed E-state index contributed by atoms with van der Waals surface area (Å²) in [5.74, 6) is -0.432. The first kappa shape index (κ1) is 13.3. The highest BCUT2D eigenvalue weighted by Crippen LogP contribution is 2.19. The van der Waals surface area contributed by atoms with E-state index in [1.165, 1.54) is 12.1 Å². The Morgan fingerprint density at radius 3 is 2.56 bits per heavy atom. The van der Waals surface area contributed by atoms with Gasteiger partial charge in [0.15, 0.2) is 0 Å². The minimum absolute atomic E-state index is 0.297. The van der Waals surface area contributed by atoms with Crippen molar-refractivity contribution in [1.82, 2.24) is 5.32 Å². The molecule has 0 saturated carbocycles. The number of anilines is 1. The van der Waals surface area contributed by atoms with Crippen LogP contribution in [0.15, 0.2) is 18.2 Å². The molecule has 0 bridgehead atoms. The SMILES string of the molecule is Cc1cc(F)cc(NS(=O)(=O)C2CCNCC2)c1. The first-order valence-corrected chi connectivity index (χ1v) is 7.51. The van der Waals surface area contributed by atoms with Gasteiger partial charge in [0.1, 0.15) is 5.82 Å². The van der Waals surface area contributed by atoms with Gasteiger partial charge in [-0.15, -0.1) is 0 Å². The number of hydrogen-bond acceptors (Lipinski definition) is 3. The highest BCUT2D eigenvalue weighted by atomic mass is 32.2. The smallest absolute Gasteiger partial charge is 0.235 e. The molecule has 0 unspecified atom stereocenters. The lowest BCUT2D eigenvalue weighted by molar-refractivity contribution is 0.499. The molecule has 1 saturated heterocycles. The Bertz CT molecular complexity index is 505. The Morgan fingerprint density at radius 1 is 1.28 bits per heavy atom. The molecule has 0 atom stereocenters. The largest absolute Gasteiger partial charge is 0.317 e. The van der Waals surface area contributed by atoms with Crippen LogP contribution >= 0.6 is 0 Å². The van der Waals surface area contributed by atoms with E-state index in [9.17, 15) is 12.8 Å². The van der Waals surface area contributed by atoms with Crippen LogP contribution in [0.4, 0.5) is 10.1 Å². The summed E-state index contributed by atoms with van der Waals surface area (Å²) in [5, 5.41) is 2.72. The third kappa shape index (κ3) is 3.20. The Hall–Kier alpha value is -1.14. The zero-order chi connectivity index (χ0) is 13.2. The lowest BCUT2D eigenvalue weighted by Gasteiger charge is -2.23. The predicted octanol–water partition coefficient (Wildman–Crippen LogP) is 1.63. The number of aryl methyl sites for hydroxylation is 1. The molecule has 0 spiro atoms. The van der Waals surface area contributed by atoms with Gasteiger partial charge in [-0.2, -0.15) is 0 Å². The van der Waals surface area contributed by atoms with Gasteiger partial charge in [-0.05, 0) is 56.6 Å². The number of hydrogen-bond donors (Lipinski definition) is 2. The normalized spacial score (nSPS) is 17.7. The summed E-state index contributed by atoms with van der Waals surface area (Å²) in [5.41, 5.74) is 0.990. The average molecular weight is 272 g/mol. The van der Waals surface area contributed by atoms with Gasteiger partial charge in [0.25, 0.3) is 0 Å². The number of halogens is 1. The third-order valence-corrected chi connectivity index (χ3v) is 4.90. The molecule has 1 aliphatic heterocycles. The van der Waals surface area contributed by atoms with E-state index in [0.29, 0.717) is 37.2 Å². The summed E-state index contributed by atoms with van der Waals surface area (Å²) in [6, 6.07) is 4.19. The topological polar surface area (TPSA) is 58.2 Å². The van der Waals surface area contributed by atoms with E-state index in [1.54, 1.807) is 13.0 Å². The number of piperidine rings is 1. The quantitative estimate of drug-likeness (QED) is 0.879. The fraction of sp³-hybridized carbons (Fsp3) is 0.500. The van der Waals surface area contributed by atoms with E-state index < -0.39 is 21.1 Å². The van der Waals surface area contributed by atoms with Crippen LogP contribution in [0.2, 0.25) is 0 Å². The van der Waals surface area contributed by atoms with Crippen LogP contribution in [-0.4, -0.2) is 26.8 Å². The maximum Gasteiger partial charge on any atom is 0.235 e. The molecule has 1 aromatic carbocycles. The van der Waals surface area contributed by atoms with Crippen LogP contribution in [0.5, 0.6) is 0 Å². The molecule has 0 amide bonds. The summed E-state index contributed by atoms with van der Waals surface area (Å²) in [6.45, 7) is 3.13. The number of sulfonamides is 1. The zero-order valence-electron chi connectivity index (χ0n) is 10.2. The van der Waals surface area contributed by atoms with Crippen LogP contribution in [0.3, 0.4) is 0 Å². The van der Waals surface area contributed by atoms with E-state index in [4.69, 9.17) is 0 Å². The van der Waals surface area contributed by atoms with Crippen LogP contribution in [-0.2, 0) is 10.0 Å².